The van der Waals surface area contributed by atoms with Crippen LogP contribution in [0.15, 0.2) is 36.4 Å². The normalized spacial score (nSPS) is 17.3. The third kappa shape index (κ3) is 4.93. The quantitative estimate of drug-likeness (QED) is 0.298. The van der Waals surface area contributed by atoms with Crippen molar-refractivity contribution in [1.82, 2.24) is 0 Å². The maximum atomic E-state index is 11.3. The van der Waals surface area contributed by atoms with Gasteiger partial charge in [0.1, 0.15) is 17.2 Å². The van der Waals surface area contributed by atoms with E-state index >= 15 is 0 Å². The number of benzene rings is 3. The second-order valence-corrected chi connectivity index (χ2v) is 12.0. The van der Waals surface area contributed by atoms with Gasteiger partial charge in [-0.25, -0.2) is 0 Å². The zero-order chi connectivity index (χ0) is 27.0. The standard InChI is InChI=1S/C35H44O3/c1-21-18-29(23(3)31(34(21)37)25-12-7-5-8-13-25)33(27-16-11-17-28(36)20-27)30-19-22(2)35(38)32(24(30)4)26-14-9-6-10-15-26/h11,16-20,25-26,33,36-38H,5-10,12-15H2,1-4H3. The number of phenolic OH excluding ortho intramolecular Hbond substituents is 3. The first-order chi connectivity index (χ1) is 18.3. The van der Waals surface area contributed by atoms with E-state index in [2.05, 4.69) is 32.0 Å². The third-order valence-corrected chi connectivity index (χ3v) is 9.53. The molecule has 5 rings (SSSR count). The molecule has 0 unspecified atom stereocenters. The topological polar surface area (TPSA) is 60.7 Å². The molecular weight excluding hydrogens is 468 g/mol. The Bertz CT molecular complexity index is 1230. The van der Waals surface area contributed by atoms with Gasteiger partial charge >= 0.3 is 0 Å². The minimum atomic E-state index is -0.106. The Morgan fingerprint density at radius 2 is 1.05 bits per heavy atom. The van der Waals surface area contributed by atoms with Crippen molar-refractivity contribution in [2.24, 2.45) is 0 Å². The Kier molecular flexibility index (Phi) is 7.75. The summed E-state index contributed by atoms with van der Waals surface area (Å²) < 4.78 is 0. The highest BCUT2D eigenvalue weighted by atomic mass is 16.3. The maximum Gasteiger partial charge on any atom is 0.122 e. The van der Waals surface area contributed by atoms with Crippen LogP contribution in [-0.4, -0.2) is 15.3 Å². The van der Waals surface area contributed by atoms with E-state index in [1.165, 1.54) is 49.7 Å². The average molecular weight is 513 g/mol. The van der Waals surface area contributed by atoms with Crippen molar-refractivity contribution >= 4 is 0 Å². The molecule has 0 radical (unpaired) electrons. The summed E-state index contributed by atoms with van der Waals surface area (Å²) in [5.41, 5.74) is 9.81. The van der Waals surface area contributed by atoms with Gasteiger partial charge in [-0.05, 0) is 116 Å². The fourth-order valence-electron chi connectivity index (χ4n) is 7.52. The van der Waals surface area contributed by atoms with Crippen molar-refractivity contribution < 1.29 is 15.3 Å². The van der Waals surface area contributed by atoms with Gasteiger partial charge in [0.25, 0.3) is 0 Å². The molecule has 0 heterocycles. The number of hydrogen-bond donors (Lipinski definition) is 3. The number of phenols is 3. The summed E-state index contributed by atoms with van der Waals surface area (Å²) in [5, 5.41) is 33.1. The van der Waals surface area contributed by atoms with Crippen LogP contribution in [0.2, 0.25) is 0 Å². The summed E-state index contributed by atoms with van der Waals surface area (Å²) >= 11 is 0. The molecule has 0 aromatic heterocycles. The highest BCUT2D eigenvalue weighted by Crippen LogP contribution is 2.48. The Balaban J connectivity index is 1.76. The molecule has 0 amide bonds. The molecule has 3 N–H and O–H groups in total. The molecule has 0 saturated heterocycles. The molecule has 38 heavy (non-hydrogen) atoms. The van der Waals surface area contributed by atoms with Crippen molar-refractivity contribution in [3.8, 4) is 17.2 Å². The van der Waals surface area contributed by atoms with Crippen molar-refractivity contribution in [3.05, 3.63) is 86.5 Å². The molecule has 2 saturated carbocycles. The molecule has 3 heteroatoms. The lowest BCUT2D eigenvalue weighted by molar-refractivity contribution is 0.410. The summed E-state index contributed by atoms with van der Waals surface area (Å²) in [6, 6.07) is 12.0. The van der Waals surface area contributed by atoms with Crippen LogP contribution < -0.4 is 0 Å². The van der Waals surface area contributed by atoms with Gasteiger partial charge < -0.3 is 15.3 Å². The van der Waals surface area contributed by atoms with Crippen LogP contribution >= 0.6 is 0 Å². The third-order valence-electron chi connectivity index (χ3n) is 9.53. The lowest BCUT2D eigenvalue weighted by Gasteiger charge is -2.32. The summed E-state index contributed by atoms with van der Waals surface area (Å²) in [5.74, 6) is 1.82. The van der Waals surface area contributed by atoms with Crippen LogP contribution in [0.3, 0.4) is 0 Å². The number of hydrogen-bond acceptors (Lipinski definition) is 3. The molecule has 2 fully saturated rings. The molecule has 0 aliphatic heterocycles. The zero-order valence-corrected chi connectivity index (χ0v) is 23.6. The molecule has 0 atom stereocenters. The van der Waals surface area contributed by atoms with Crippen LogP contribution in [0.4, 0.5) is 0 Å². The highest BCUT2D eigenvalue weighted by molar-refractivity contribution is 5.61. The second-order valence-electron chi connectivity index (χ2n) is 12.0. The Hall–Kier alpha value is -2.94. The zero-order valence-electron chi connectivity index (χ0n) is 23.6. The van der Waals surface area contributed by atoms with Crippen LogP contribution in [-0.2, 0) is 0 Å². The van der Waals surface area contributed by atoms with Crippen molar-refractivity contribution in [1.29, 1.82) is 0 Å². The lowest BCUT2D eigenvalue weighted by atomic mass is 9.73. The predicted molar refractivity (Wildman–Crippen MR) is 156 cm³/mol. The minimum absolute atomic E-state index is 0.106. The van der Waals surface area contributed by atoms with Gasteiger partial charge in [0.2, 0.25) is 0 Å². The minimum Gasteiger partial charge on any atom is -0.508 e. The maximum absolute atomic E-state index is 11.3. The summed E-state index contributed by atoms with van der Waals surface area (Å²) in [7, 11) is 0. The molecule has 2 aliphatic rings. The molecule has 0 bridgehead atoms. The SMILES string of the molecule is Cc1cc(C(c2cccc(O)c2)c2cc(C)c(O)c(C3CCCCC3)c2C)c(C)c(C2CCCCC2)c1O. The largest absolute Gasteiger partial charge is 0.508 e. The Labute approximate surface area is 228 Å². The highest BCUT2D eigenvalue weighted by Gasteiger charge is 2.31. The van der Waals surface area contributed by atoms with E-state index in [1.54, 1.807) is 6.07 Å². The molecular formula is C35H44O3. The first-order valence-corrected chi connectivity index (χ1v) is 14.7. The van der Waals surface area contributed by atoms with Crippen molar-refractivity contribution in [2.45, 2.75) is 110 Å². The van der Waals surface area contributed by atoms with Crippen molar-refractivity contribution in [2.75, 3.05) is 0 Å². The first kappa shape index (κ1) is 26.7. The van der Waals surface area contributed by atoms with E-state index in [1.807, 2.05) is 26.0 Å². The molecule has 3 nitrogen and oxygen atoms in total. The molecule has 2 aliphatic carbocycles. The van der Waals surface area contributed by atoms with E-state index in [0.717, 1.165) is 64.6 Å². The van der Waals surface area contributed by atoms with Crippen molar-refractivity contribution in [3.63, 3.8) is 0 Å². The van der Waals surface area contributed by atoms with Gasteiger partial charge in [-0.2, -0.15) is 0 Å². The summed E-state index contributed by atoms with van der Waals surface area (Å²) in [6.45, 7) is 8.40. The van der Waals surface area contributed by atoms with Crippen LogP contribution in [0, 0.1) is 27.7 Å². The van der Waals surface area contributed by atoms with Crippen LogP contribution in [0.1, 0.15) is 132 Å². The molecule has 0 spiro atoms. The van der Waals surface area contributed by atoms with Crippen LogP contribution in [0.25, 0.3) is 0 Å². The summed E-state index contributed by atoms with van der Waals surface area (Å²) in [4.78, 5) is 0. The van der Waals surface area contributed by atoms with E-state index in [4.69, 9.17) is 0 Å². The first-order valence-electron chi connectivity index (χ1n) is 14.7. The van der Waals surface area contributed by atoms with E-state index in [9.17, 15) is 15.3 Å². The van der Waals surface area contributed by atoms with E-state index in [0.29, 0.717) is 23.3 Å². The average Bonchev–Trinajstić information content (AvgIpc) is 2.91. The smallest absolute Gasteiger partial charge is 0.122 e. The van der Waals surface area contributed by atoms with Gasteiger partial charge in [0.15, 0.2) is 0 Å². The Morgan fingerprint density at radius 1 is 0.605 bits per heavy atom. The van der Waals surface area contributed by atoms with E-state index < -0.39 is 0 Å². The van der Waals surface area contributed by atoms with Gasteiger partial charge in [-0.3, -0.25) is 0 Å². The van der Waals surface area contributed by atoms with Gasteiger partial charge in [0, 0.05) is 17.0 Å². The van der Waals surface area contributed by atoms with Gasteiger partial charge in [-0.15, -0.1) is 0 Å². The number of aromatic hydroxyl groups is 3. The number of aryl methyl sites for hydroxylation is 2. The monoisotopic (exact) mass is 512 g/mol. The second kappa shape index (κ2) is 11.0. The fraction of sp³-hybridized carbons (Fsp3) is 0.486. The number of rotatable bonds is 5. The van der Waals surface area contributed by atoms with E-state index in [-0.39, 0.29) is 11.7 Å². The fourth-order valence-corrected chi connectivity index (χ4v) is 7.52. The van der Waals surface area contributed by atoms with Gasteiger partial charge in [0.05, 0.1) is 0 Å². The van der Waals surface area contributed by atoms with Gasteiger partial charge in [-0.1, -0.05) is 62.8 Å². The molecule has 3 aromatic rings. The molecule has 3 aromatic carbocycles. The summed E-state index contributed by atoms with van der Waals surface area (Å²) in [6.07, 6.45) is 11.9. The van der Waals surface area contributed by atoms with Crippen LogP contribution in [0.5, 0.6) is 17.2 Å². The Morgan fingerprint density at radius 3 is 1.47 bits per heavy atom. The molecule has 202 valence electrons. The lowest BCUT2D eigenvalue weighted by Crippen LogP contribution is -2.15. The predicted octanol–water partition coefficient (Wildman–Crippen LogP) is 9.31.